The molecule has 0 saturated carbocycles. The average molecular weight is 368 g/mol. The van der Waals surface area contributed by atoms with Crippen LogP contribution >= 0.6 is 0 Å². The van der Waals surface area contributed by atoms with E-state index in [4.69, 9.17) is 0 Å². The number of aromatic nitrogens is 2. The van der Waals surface area contributed by atoms with E-state index in [1.807, 2.05) is 18.7 Å². The summed E-state index contributed by atoms with van der Waals surface area (Å²) in [7, 11) is 0. The van der Waals surface area contributed by atoms with Gasteiger partial charge in [0.15, 0.2) is 0 Å². The van der Waals surface area contributed by atoms with Gasteiger partial charge in [-0.25, -0.2) is 9.97 Å². The van der Waals surface area contributed by atoms with Crippen molar-refractivity contribution in [3.8, 4) is 0 Å². The van der Waals surface area contributed by atoms with Crippen molar-refractivity contribution < 1.29 is 18.3 Å². The smallest absolute Gasteiger partial charge is 0.396 e. The van der Waals surface area contributed by atoms with Gasteiger partial charge in [-0.1, -0.05) is 19.9 Å². The number of benzene rings is 1. The van der Waals surface area contributed by atoms with Crippen molar-refractivity contribution in [2.24, 2.45) is 5.41 Å². The Balaban J connectivity index is 1.82. The summed E-state index contributed by atoms with van der Waals surface area (Å²) in [6, 6.07) is 4.28. The minimum atomic E-state index is -4.45. The number of fused-ring (bicyclic) bond motifs is 1. The lowest BCUT2D eigenvalue weighted by Gasteiger charge is -2.25. The fraction of sp³-hybridized carbons (Fsp3) is 0.556. The maximum Gasteiger partial charge on any atom is 0.418 e. The van der Waals surface area contributed by atoms with Crippen molar-refractivity contribution in [3.05, 3.63) is 30.1 Å². The van der Waals surface area contributed by atoms with Crippen molar-refractivity contribution in [1.29, 1.82) is 0 Å². The maximum absolute atomic E-state index is 13.2. The Morgan fingerprint density at radius 2 is 2.04 bits per heavy atom. The molecule has 5 nitrogen and oxygen atoms in total. The molecule has 1 unspecified atom stereocenters. The SMILES string of the molecule is CC(C)(CO)CNC1CCN(c2ncnc3c(C(F)(F)F)cccc23)C1. The van der Waals surface area contributed by atoms with Gasteiger partial charge in [0.05, 0.1) is 11.1 Å². The van der Waals surface area contributed by atoms with Gasteiger partial charge in [0.25, 0.3) is 0 Å². The molecule has 2 N–H and O–H groups in total. The number of nitrogens with zero attached hydrogens (tertiary/aromatic N) is 3. The topological polar surface area (TPSA) is 61.3 Å². The quantitative estimate of drug-likeness (QED) is 0.850. The zero-order valence-corrected chi connectivity index (χ0v) is 14.8. The van der Waals surface area contributed by atoms with Crippen LogP contribution < -0.4 is 10.2 Å². The van der Waals surface area contributed by atoms with Crippen molar-refractivity contribution in [3.63, 3.8) is 0 Å². The molecule has 26 heavy (non-hydrogen) atoms. The minimum absolute atomic E-state index is 0.0668. The number of nitrogens with one attached hydrogen (secondary N) is 1. The summed E-state index contributed by atoms with van der Waals surface area (Å²) in [5, 5.41) is 13.2. The summed E-state index contributed by atoms with van der Waals surface area (Å²) in [6.07, 6.45) is -2.38. The minimum Gasteiger partial charge on any atom is -0.396 e. The van der Waals surface area contributed by atoms with Crippen molar-refractivity contribution >= 4 is 16.7 Å². The molecule has 1 aliphatic heterocycles. The van der Waals surface area contributed by atoms with E-state index in [2.05, 4.69) is 15.3 Å². The highest BCUT2D eigenvalue weighted by Gasteiger charge is 2.34. The van der Waals surface area contributed by atoms with Crippen LogP contribution in [0.3, 0.4) is 0 Å². The fourth-order valence-electron chi connectivity index (χ4n) is 3.15. The summed E-state index contributed by atoms with van der Waals surface area (Å²) in [5.41, 5.74) is -1.02. The number of anilines is 1. The van der Waals surface area contributed by atoms with Crippen LogP contribution in [0.4, 0.5) is 19.0 Å². The Kier molecular flexibility index (Phi) is 5.07. The van der Waals surface area contributed by atoms with E-state index in [9.17, 15) is 18.3 Å². The van der Waals surface area contributed by atoms with Crippen molar-refractivity contribution in [1.82, 2.24) is 15.3 Å². The number of hydrogen-bond donors (Lipinski definition) is 2. The molecule has 3 rings (SSSR count). The van der Waals surface area contributed by atoms with Crippen LogP contribution in [0.25, 0.3) is 10.9 Å². The third-order valence-electron chi connectivity index (χ3n) is 4.73. The van der Waals surface area contributed by atoms with Crippen LogP contribution in [0.5, 0.6) is 0 Å². The van der Waals surface area contributed by atoms with Gasteiger partial charge in [0.1, 0.15) is 12.1 Å². The van der Waals surface area contributed by atoms with Gasteiger partial charge in [-0.15, -0.1) is 0 Å². The lowest BCUT2D eigenvalue weighted by molar-refractivity contribution is -0.136. The Labute approximate surface area is 150 Å². The number of hydrogen-bond acceptors (Lipinski definition) is 5. The number of halogens is 3. The molecule has 0 spiro atoms. The van der Waals surface area contributed by atoms with Gasteiger partial charge in [-0.05, 0) is 18.6 Å². The summed E-state index contributed by atoms with van der Waals surface area (Å²) in [5.74, 6) is 0.534. The van der Waals surface area contributed by atoms with E-state index in [0.29, 0.717) is 30.8 Å². The molecular weight excluding hydrogens is 345 g/mol. The highest BCUT2D eigenvalue weighted by Crippen LogP contribution is 2.36. The maximum atomic E-state index is 13.2. The molecule has 2 heterocycles. The van der Waals surface area contributed by atoms with Crippen molar-refractivity contribution in [2.45, 2.75) is 32.5 Å². The van der Waals surface area contributed by atoms with Crippen LogP contribution in [0.15, 0.2) is 24.5 Å². The van der Waals surface area contributed by atoms with Gasteiger partial charge in [0.2, 0.25) is 0 Å². The van der Waals surface area contributed by atoms with E-state index < -0.39 is 11.7 Å². The number of aliphatic hydroxyl groups is 1. The van der Waals surface area contributed by atoms with Crippen LogP contribution in [0.1, 0.15) is 25.8 Å². The molecule has 0 bridgehead atoms. The molecular formula is C18H23F3N4O. The van der Waals surface area contributed by atoms with Gasteiger partial charge in [0, 0.05) is 43.1 Å². The van der Waals surface area contributed by atoms with Crippen LogP contribution in [0, 0.1) is 5.41 Å². The second kappa shape index (κ2) is 7.00. The molecule has 2 aromatic rings. The molecule has 1 aromatic heterocycles. The molecule has 0 radical (unpaired) electrons. The van der Waals surface area contributed by atoms with E-state index >= 15 is 0 Å². The first-order valence-corrected chi connectivity index (χ1v) is 8.61. The monoisotopic (exact) mass is 368 g/mol. The molecule has 142 valence electrons. The second-order valence-corrected chi connectivity index (χ2v) is 7.53. The molecule has 1 aromatic carbocycles. The van der Waals surface area contributed by atoms with Crippen LogP contribution in [0.2, 0.25) is 0 Å². The molecule has 1 atom stereocenters. The number of alkyl halides is 3. The number of rotatable bonds is 5. The largest absolute Gasteiger partial charge is 0.418 e. The van der Waals surface area contributed by atoms with Crippen molar-refractivity contribution in [2.75, 3.05) is 31.1 Å². The van der Waals surface area contributed by atoms with Crippen LogP contribution in [-0.4, -0.2) is 47.4 Å². The molecule has 1 aliphatic rings. The van der Waals surface area contributed by atoms with Gasteiger partial charge in [-0.2, -0.15) is 13.2 Å². The molecule has 0 amide bonds. The highest BCUT2D eigenvalue weighted by molar-refractivity contribution is 5.91. The summed E-state index contributed by atoms with van der Waals surface area (Å²) in [6.45, 7) is 6.08. The lowest BCUT2D eigenvalue weighted by atomic mass is 9.94. The lowest BCUT2D eigenvalue weighted by Crippen LogP contribution is -2.40. The van der Waals surface area contributed by atoms with E-state index in [1.165, 1.54) is 12.4 Å². The third kappa shape index (κ3) is 3.91. The number of para-hydroxylation sites is 1. The predicted molar refractivity (Wildman–Crippen MR) is 94.0 cm³/mol. The summed E-state index contributed by atoms with van der Waals surface area (Å²) in [4.78, 5) is 10.1. The van der Waals surface area contributed by atoms with E-state index in [-0.39, 0.29) is 23.6 Å². The molecule has 1 saturated heterocycles. The normalized spacial score (nSPS) is 18.7. The summed E-state index contributed by atoms with van der Waals surface area (Å²) < 4.78 is 39.7. The van der Waals surface area contributed by atoms with E-state index in [0.717, 1.165) is 12.5 Å². The third-order valence-corrected chi connectivity index (χ3v) is 4.73. The number of aliphatic hydroxyl groups excluding tert-OH is 1. The Morgan fingerprint density at radius 3 is 2.73 bits per heavy atom. The first-order valence-electron chi connectivity index (χ1n) is 8.61. The highest BCUT2D eigenvalue weighted by atomic mass is 19.4. The van der Waals surface area contributed by atoms with Gasteiger partial charge >= 0.3 is 6.18 Å². The standard InChI is InChI=1S/C18H23F3N4O/c1-17(2,10-26)9-22-12-6-7-25(8-12)16-13-4-3-5-14(18(19,20)21)15(13)23-11-24-16/h3-5,11-12,22,26H,6-10H2,1-2H3. The molecule has 8 heteroatoms. The molecule has 1 fully saturated rings. The van der Waals surface area contributed by atoms with E-state index in [1.54, 1.807) is 6.07 Å². The molecule has 0 aliphatic carbocycles. The first kappa shape index (κ1) is 18.8. The fourth-order valence-corrected chi connectivity index (χ4v) is 3.15. The first-order chi connectivity index (χ1) is 12.2. The Bertz CT molecular complexity index is 779. The zero-order valence-electron chi connectivity index (χ0n) is 14.8. The Morgan fingerprint density at radius 1 is 1.27 bits per heavy atom. The summed E-state index contributed by atoms with van der Waals surface area (Å²) >= 11 is 0. The second-order valence-electron chi connectivity index (χ2n) is 7.53. The van der Waals surface area contributed by atoms with Crippen LogP contribution in [-0.2, 0) is 6.18 Å². The average Bonchev–Trinajstić information content (AvgIpc) is 3.07. The van der Waals surface area contributed by atoms with Gasteiger partial charge in [-0.3, -0.25) is 0 Å². The predicted octanol–water partition coefficient (Wildman–Crippen LogP) is 2.84. The van der Waals surface area contributed by atoms with Gasteiger partial charge < -0.3 is 15.3 Å². The zero-order chi connectivity index (χ0) is 18.9. The Hall–Kier alpha value is -1.93.